The molecule has 3 nitrogen and oxygen atoms in total. The highest BCUT2D eigenvalue weighted by Crippen LogP contribution is 2.20. The number of rotatable bonds is 2. The van der Waals surface area contributed by atoms with Crippen LogP contribution in [0.1, 0.15) is 0 Å². The van der Waals surface area contributed by atoms with Gasteiger partial charge in [-0.3, -0.25) is 0 Å². The van der Waals surface area contributed by atoms with Crippen molar-refractivity contribution in [2.75, 3.05) is 14.1 Å². The van der Waals surface area contributed by atoms with Gasteiger partial charge in [-0.1, -0.05) is 0 Å². The van der Waals surface area contributed by atoms with Crippen LogP contribution in [-0.2, 0) is 0 Å². The van der Waals surface area contributed by atoms with Crippen LogP contribution in [0, 0.1) is 0 Å². The zero-order valence-corrected chi connectivity index (χ0v) is 8.62. The first-order chi connectivity index (χ1) is 5.70. The van der Waals surface area contributed by atoms with E-state index in [1.165, 1.54) is 0 Å². The number of pyridine rings is 1. The summed E-state index contributed by atoms with van der Waals surface area (Å²) in [6, 6.07) is 3.77. The standard InChI is InChI=1S/C8H10BrN3/c1-12(2)6-11-8-7(9)4-3-5-10-8/h3-6H,1-2H3/b11-6-. The lowest BCUT2D eigenvalue weighted by atomic mass is 10.5. The second-order valence-corrected chi connectivity index (χ2v) is 3.37. The molecule has 0 bridgehead atoms. The van der Waals surface area contributed by atoms with Crippen LogP contribution in [0.25, 0.3) is 0 Å². The Labute approximate surface area is 80.3 Å². The zero-order chi connectivity index (χ0) is 8.97. The number of aliphatic imine (C=N–C) groups is 1. The van der Waals surface area contributed by atoms with E-state index in [-0.39, 0.29) is 0 Å². The van der Waals surface area contributed by atoms with Gasteiger partial charge < -0.3 is 4.90 Å². The Balaban J connectivity index is 2.82. The molecule has 0 unspecified atom stereocenters. The highest BCUT2D eigenvalue weighted by Gasteiger charge is 1.94. The zero-order valence-electron chi connectivity index (χ0n) is 7.03. The van der Waals surface area contributed by atoms with E-state index in [0.29, 0.717) is 5.82 Å². The highest BCUT2D eigenvalue weighted by molar-refractivity contribution is 9.10. The summed E-state index contributed by atoms with van der Waals surface area (Å²) in [5.41, 5.74) is 0. The Kier molecular flexibility index (Phi) is 3.22. The lowest BCUT2D eigenvalue weighted by molar-refractivity contribution is 0.643. The quantitative estimate of drug-likeness (QED) is 0.572. The fourth-order valence-corrected chi connectivity index (χ4v) is 1.000. The molecular formula is C8H10BrN3. The first-order valence-corrected chi connectivity index (χ1v) is 4.30. The minimum absolute atomic E-state index is 0.700. The Morgan fingerprint density at radius 2 is 2.33 bits per heavy atom. The maximum absolute atomic E-state index is 4.15. The average molecular weight is 228 g/mol. The van der Waals surface area contributed by atoms with Gasteiger partial charge >= 0.3 is 0 Å². The van der Waals surface area contributed by atoms with Crippen LogP contribution >= 0.6 is 15.9 Å². The third kappa shape index (κ3) is 2.62. The fraction of sp³-hybridized carbons (Fsp3) is 0.250. The van der Waals surface area contributed by atoms with E-state index in [0.717, 1.165) is 4.47 Å². The van der Waals surface area contributed by atoms with Gasteiger partial charge in [0.15, 0.2) is 5.82 Å². The van der Waals surface area contributed by atoms with Gasteiger partial charge in [-0.2, -0.15) is 0 Å². The van der Waals surface area contributed by atoms with Crippen molar-refractivity contribution >= 4 is 28.1 Å². The average Bonchev–Trinajstić information content (AvgIpc) is 2.03. The summed E-state index contributed by atoms with van der Waals surface area (Å²) < 4.78 is 0.906. The second kappa shape index (κ2) is 4.21. The smallest absolute Gasteiger partial charge is 0.167 e. The van der Waals surface area contributed by atoms with E-state index >= 15 is 0 Å². The normalized spacial score (nSPS) is 10.6. The summed E-state index contributed by atoms with van der Waals surface area (Å²) in [6.45, 7) is 0. The first-order valence-electron chi connectivity index (χ1n) is 3.51. The van der Waals surface area contributed by atoms with Crippen molar-refractivity contribution in [2.24, 2.45) is 4.99 Å². The Morgan fingerprint density at radius 3 is 2.92 bits per heavy atom. The van der Waals surface area contributed by atoms with Crippen LogP contribution in [0.2, 0.25) is 0 Å². The number of aromatic nitrogens is 1. The first kappa shape index (κ1) is 9.19. The van der Waals surface area contributed by atoms with Crippen molar-refractivity contribution in [1.29, 1.82) is 0 Å². The van der Waals surface area contributed by atoms with Gasteiger partial charge in [0.2, 0.25) is 0 Å². The molecule has 4 heteroatoms. The molecule has 0 atom stereocenters. The van der Waals surface area contributed by atoms with Gasteiger partial charge in [-0.05, 0) is 28.1 Å². The van der Waals surface area contributed by atoms with E-state index < -0.39 is 0 Å². The molecule has 0 saturated carbocycles. The predicted octanol–water partition coefficient (Wildman–Crippen LogP) is 2.07. The SMILES string of the molecule is CN(C)/C=N\c1ncccc1Br. The van der Waals surface area contributed by atoms with Gasteiger partial charge in [0, 0.05) is 20.3 Å². The molecule has 1 aromatic rings. The molecule has 0 aromatic carbocycles. The van der Waals surface area contributed by atoms with Crippen LogP contribution in [0.4, 0.5) is 5.82 Å². The molecule has 0 spiro atoms. The number of halogens is 1. The van der Waals surface area contributed by atoms with Crippen LogP contribution < -0.4 is 0 Å². The van der Waals surface area contributed by atoms with E-state index in [1.807, 2.05) is 31.1 Å². The van der Waals surface area contributed by atoms with Gasteiger partial charge in [-0.15, -0.1) is 0 Å². The lowest BCUT2D eigenvalue weighted by Gasteiger charge is -2.02. The van der Waals surface area contributed by atoms with Gasteiger partial charge in [0.05, 0.1) is 10.8 Å². The molecule has 12 heavy (non-hydrogen) atoms. The number of nitrogens with zero attached hydrogens (tertiary/aromatic N) is 3. The van der Waals surface area contributed by atoms with E-state index in [4.69, 9.17) is 0 Å². The van der Waals surface area contributed by atoms with E-state index in [2.05, 4.69) is 25.9 Å². The largest absolute Gasteiger partial charge is 0.369 e. The molecule has 0 aliphatic heterocycles. The summed E-state index contributed by atoms with van der Waals surface area (Å²) in [5, 5.41) is 0. The Morgan fingerprint density at radius 1 is 1.58 bits per heavy atom. The summed E-state index contributed by atoms with van der Waals surface area (Å²) in [6.07, 6.45) is 3.43. The molecule has 0 aliphatic rings. The monoisotopic (exact) mass is 227 g/mol. The topological polar surface area (TPSA) is 28.5 Å². The van der Waals surface area contributed by atoms with Crippen molar-refractivity contribution < 1.29 is 0 Å². The summed E-state index contributed by atoms with van der Waals surface area (Å²) >= 11 is 3.35. The van der Waals surface area contributed by atoms with Crippen LogP contribution in [0.3, 0.4) is 0 Å². The van der Waals surface area contributed by atoms with Crippen molar-refractivity contribution in [1.82, 2.24) is 9.88 Å². The number of hydrogen-bond donors (Lipinski definition) is 0. The summed E-state index contributed by atoms with van der Waals surface area (Å²) in [4.78, 5) is 10.1. The van der Waals surface area contributed by atoms with Gasteiger partial charge in [-0.25, -0.2) is 9.98 Å². The molecule has 1 rings (SSSR count). The maximum atomic E-state index is 4.15. The minimum Gasteiger partial charge on any atom is -0.369 e. The molecule has 0 radical (unpaired) electrons. The second-order valence-electron chi connectivity index (χ2n) is 2.52. The van der Waals surface area contributed by atoms with Crippen LogP contribution in [0.5, 0.6) is 0 Å². The summed E-state index contributed by atoms with van der Waals surface area (Å²) in [5.74, 6) is 0.700. The maximum Gasteiger partial charge on any atom is 0.167 e. The number of hydrogen-bond acceptors (Lipinski definition) is 2. The van der Waals surface area contributed by atoms with Crippen LogP contribution in [0.15, 0.2) is 27.8 Å². The molecule has 0 aliphatic carbocycles. The molecule has 0 N–H and O–H groups in total. The Bertz CT molecular complexity index is 283. The minimum atomic E-state index is 0.700. The fourth-order valence-electron chi connectivity index (χ4n) is 0.643. The lowest BCUT2D eigenvalue weighted by Crippen LogP contribution is -2.07. The van der Waals surface area contributed by atoms with Crippen molar-refractivity contribution in [3.63, 3.8) is 0 Å². The molecule has 1 aromatic heterocycles. The van der Waals surface area contributed by atoms with Crippen molar-refractivity contribution in [3.05, 3.63) is 22.8 Å². The van der Waals surface area contributed by atoms with Gasteiger partial charge in [0.25, 0.3) is 0 Å². The molecular weight excluding hydrogens is 218 g/mol. The van der Waals surface area contributed by atoms with Crippen molar-refractivity contribution in [2.45, 2.75) is 0 Å². The molecule has 64 valence electrons. The van der Waals surface area contributed by atoms with Crippen LogP contribution in [-0.4, -0.2) is 30.3 Å². The third-order valence-electron chi connectivity index (χ3n) is 1.15. The summed E-state index contributed by atoms with van der Waals surface area (Å²) in [7, 11) is 3.83. The molecule has 0 saturated heterocycles. The molecule has 1 heterocycles. The third-order valence-corrected chi connectivity index (χ3v) is 1.77. The van der Waals surface area contributed by atoms with Crippen molar-refractivity contribution in [3.8, 4) is 0 Å². The molecule has 0 amide bonds. The molecule has 0 fully saturated rings. The van der Waals surface area contributed by atoms with Gasteiger partial charge in [0.1, 0.15) is 0 Å². The highest BCUT2D eigenvalue weighted by atomic mass is 79.9. The van der Waals surface area contributed by atoms with E-state index in [1.54, 1.807) is 12.5 Å². The predicted molar refractivity (Wildman–Crippen MR) is 53.8 cm³/mol. The van der Waals surface area contributed by atoms with E-state index in [9.17, 15) is 0 Å². The Hall–Kier alpha value is -0.900.